The van der Waals surface area contributed by atoms with Crippen LogP contribution in [0.1, 0.15) is 18.0 Å². The van der Waals surface area contributed by atoms with Gasteiger partial charge < -0.3 is 0 Å². The van der Waals surface area contributed by atoms with E-state index in [0.29, 0.717) is 6.42 Å². The van der Waals surface area contributed by atoms with E-state index in [2.05, 4.69) is 11.3 Å². The van der Waals surface area contributed by atoms with Crippen molar-refractivity contribution in [3.63, 3.8) is 0 Å². The first-order valence-corrected chi connectivity index (χ1v) is 6.39. The molecule has 0 radical (unpaired) electrons. The Kier molecular flexibility index (Phi) is 3.09. The lowest BCUT2D eigenvalue weighted by Gasteiger charge is -2.14. The van der Waals surface area contributed by atoms with E-state index >= 15 is 0 Å². The minimum absolute atomic E-state index is 0.329. The van der Waals surface area contributed by atoms with Crippen molar-refractivity contribution in [2.75, 3.05) is 0 Å². The second kappa shape index (κ2) is 4.37. The Bertz CT molecular complexity index is 469. The van der Waals surface area contributed by atoms with Crippen molar-refractivity contribution in [1.82, 2.24) is 4.72 Å². The number of rotatable bonds is 3. The quantitative estimate of drug-likeness (QED) is 0.814. The lowest BCUT2D eigenvalue weighted by atomic mass is 10.0. The number of hydrogen-bond acceptors (Lipinski definition) is 3. The Morgan fingerprint density at radius 1 is 1.38 bits per heavy atom. The molecule has 0 unspecified atom stereocenters. The fourth-order valence-electron chi connectivity index (χ4n) is 1.76. The monoisotopic (exact) mass is 239 g/mol. The summed E-state index contributed by atoms with van der Waals surface area (Å²) >= 11 is 0. The minimum atomic E-state index is -3.61. The van der Waals surface area contributed by atoms with Crippen LogP contribution < -0.4 is 4.72 Å². The molecule has 1 aromatic rings. The Balaban J connectivity index is 2.29. The first-order chi connectivity index (χ1) is 7.62. The third-order valence-corrected chi connectivity index (χ3v) is 3.49. The van der Waals surface area contributed by atoms with Gasteiger partial charge >= 0.3 is 10.3 Å². The predicted octanol–water partition coefficient (Wildman–Crippen LogP) is 1.54. The summed E-state index contributed by atoms with van der Waals surface area (Å²) in [5.74, 6) is 0. The van der Waals surface area contributed by atoms with Crippen molar-refractivity contribution in [3.05, 3.63) is 48.6 Å². The zero-order valence-corrected chi connectivity index (χ0v) is 9.48. The van der Waals surface area contributed by atoms with E-state index < -0.39 is 16.4 Å². The first kappa shape index (κ1) is 11.3. The Hall–Kier alpha value is -1.17. The molecule has 1 aromatic carbocycles. The topological polar surface area (TPSA) is 55.4 Å². The third-order valence-electron chi connectivity index (χ3n) is 2.45. The first-order valence-electron chi connectivity index (χ1n) is 4.99. The highest BCUT2D eigenvalue weighted by Gasteiger charge is 2.37. The van der Waals surface area contributed by atoms with Gasteiger partial charge in [-0.2, -0.15) is 13.1 Å². The number of hydrogen-bond donors (Lipinski definition) is 1. The van der Waals surface area contributed by atoms with E-state index in [9.17, 15) is 8.42 Å². The second-order valence-corrected chi connectivity index (χ2v) is 4.96. The summed E-state index contributed by atoms with van der Waals surface area (Å²) in [6, 6.07) is 9.04. The zero-order valence-electron chi connectivity index (χ0n) is 8.67. The molecule has 5 heteroatoms. The molecule has 1 aliphatic rings. The van der Waals surface area contributed by atoms with Gasteiger partial charge in [-0.1, -0.05) is 36.4 Å². The van der Waals surface area contributed by atoms with Crippen LogP contribution in [0.5, 0.6) is 0 Å². The highest BCUT2D eigenvalue weighted by Crippen LogP contribution is 2.29. The summed E-state index contributed by atoms with van der Waals surface area (Å²) < 4.78 is 30.1. The Labute approximate surface area is 95.2 Å². The van der Waals surface area contributed by atoms with Gasteiger partial charge in [-0.05, 0) is 12.0 Å². The van der Waals surface area contributed by atoms with E-state index in [1.54, 1.807) is 6.08 Å². The molecule has 86 valence electrons. The molecule has 2 atom stereocenters. The summed E-state index contributed by atoms with van der Waals surface area (Å²) in [6.45, 7) is 3.60. The van der Waals surface area contributed by atoms with Crippen LogP contribution in [-0.2, 0) is 14.5 Å². The van der Waals surface area contributed by atoms with E-state index in [4.69, 9.17) is 4.18 Å². The maximum Gasteiger partial charge on any atom is 0.336 e. The molecule has 0 amide bonds. The molecule has 0 aliphatic carbocycles. The molecule has 0 aromatic heterocycles. The van der Waals surface area contributed by atoms with Crippen molar-refractivity contribution in [2.45, 2.75) is 18.6 Å². The second-order valence-electron chi connectivity index (χ2n) is 3.62. The summed E-state index contributed by atoms with van der Waals surface area (Å²) in [6.07, 6.45) is 1.74. The lowest BCUT2D eigenvalue weighted by Crippen LogP contribution is -2.22. The maximum absolute atomic E-state index is 11.3. The highest BCUT2D eigenvalue weighted by atomic mass is 32.2. The van der Waals surface area contributed by atoms with Crippen molar-refractivity contribution in [1.29, 1.82) is 0 Å². The van der Waals surface area contributed by atoms with Crippen molar-refractivity contribution >= 4 is 10.3 Å². The van der Waals surface area contributed by atoms with Crippen molar-refractivity contribution in [2.24, 2.45) is 0 Å². The van der Waals surface area contributed by atoms with Gasteiger partial charge in [0.1, 0.15) is 6.10 Å². The fourth-order valence-corrected chi connectivity index (χ4v) is 2.93. The molecule has 16 heavy (non-hydrogen) atoms. The van der Waals surface area contributed by atoms with E-state index in [1.807, 2.05) is 30.3 Å². The largest absolute Gasteiger partial charge is 0.336 e. The third kappa shape index (κ3) is 2.32. The fraction of sp³-hybridized carbons (Fsp3) is 0.273. The molecular weight excluding hydrogens is 226 g/mol. The van der Waals surface area contributed by atoms with E-state index in [-0.39, 0.29) is 6.04 Å². The lowest BCUT2D eigenvalue weighted by molar-refractivity contribution is 0.218. The number of nitrogens with one attached hydrogen (secondary N) is 1. The maximum atomic E-state index is 11.3. The molecule has 1 aliphatic heterocycles. The average molecular weight is 239 g/mol. The summed E-state index contributed by atoms with van der Waals surface area (Å²) in [7, 11) is -3.61. The molecule has 2 rings (SSSR count). The molecule has 0 bridgehead atoms. The number of benzene rings is 1. The summed E-state index contributed by atoms with van der Waals surface area (Å²) in [5.41, 5.74) is 0.899. The van der Waals surface area contributed by atoms with Gasteiger partial charge in [0.05, 0.1) is 6.04 Å². The van der Waals surface area contributed by atoms with Crippen LogP contribution in [0.25, 0.3) is 0 Å². The zero-order chi connectivity index (χ0) is 11.6. The van der Waals surface area contributed by atoms with Crippen LogP contribution in [0, 0.1) is 0 Å². The molecule has 0 spiro atoms. The predicted molar refractivity (Wildman–Crippen MR) is 60.9 cm³/mol. The normalized spacial score (nSPS) is 27.8. The molecule has 1 fully saturated rings. The van der Waals surface area contributed by atoms with Crippen LogP contribution in [-0.4, -0.2) is 14.5 Å². The SMILES string of the molecule is C=CC[C@@H]1OS(=O)(=O)N[C@@H]1c1ccccc1. The van der Waals surface area contributed by atoms with Crippen LogP contribution in [0.4, 0.5) is 0 Å². The molecule has 0 saturated carbocycles. The van der Waals surface area contributed by atoms with Gasteiger partial charge in [0.2, 0.25) is 0 Å². The van der Waals surface area contributed by atoms with Gasteiger partial charge in [-0.3, -0.25) is 4.18 Å². The highest BCUT2D eigenvalue weighted by molar-refractivity contribution is 7.85. The molecule has 1 N–H and O–H groups in total. The Morgan fingerprint density at radius 3 is 2.69 bits per heavy atom. The van der Waals surface area contributed by atoms with Crippen LogP contribution in [0.15, 0.2) is 43.0 Å². The van der Waals surface area contributed by atoms with Crippen molar-refractivity contribution in [3.8, 4) is 0 Å². The van der Waals surface area contributed by atoms with Gasteiger partial charge in [0.25, 0.3) is 0 Å². The van der Waals surface area contributed by atoms with Gasteiger partial charge in [0, 0.05) is 0 Å². The van der Waals surface area contributed by atoms with E-state index in [0.717, 1.165) is 5.56 Å². The van der Waals surface area contributed by atoms with Crippen LogP contribution in [0.3, 0.4) is 0 Å². The molecule has 1 heterocycles. The standard InChI is InChI=1S/C11H13NO3S/c1-2-6-10-11(12-16(13,14)15-10)9-7-4-3-5-8-9/h2-5,7-8,10-12H,1,6H2/t10-,11+/m0/s1. The van der Waals surface area contributed by atoms with Crippen molar-refractivity contribution < 1.29 is 12.6 Å². The van der Waals surface area contributed by atoms with Gasteiger partial charge in [0.15, 0.2) is 0 Å². The summed E-state index contributed by atoms with van der Waals surface area (Å²) in [4.78, 5) is 0. The van der Waals surface area contributed by atoms with Gasteiger partial charge in [-0.25, -0.2) is 0 Å². The minimum Gasteiger partial charge on any atom is -0.252 e. The molecule has 4 nitrogen and oxygen atoms in total. The smallest absolute Gasteiger partial charge is 0.252 e. The molecule has 1 saturated heterocycles. The van der Waals surface area contributed by atoms with E-state index in [1.165, 1.54) is 0 Å². The van der Waals surface area contributed by atoms with Crippen LogP contribution >= 0.6 is 0 Å². The Morgan fingerprint density at radius 2 is 2.06 bits per heavy atom. The average Bonchev–Trinajstić information content (AvgIpc) is 2.56. The summed E-state index contributed by atoms with van der Waals surface area (Å²) in [5, 5.41) is 0. The van der Waals surface area contributed by atoms with Crippen LogP contribution in [0.2, 0.25) is 0 Å². The van der Waals surface area contributed by atoms with Gasteiger partial charge in [-0.15, -0.1) is 6.58 Å². The molecular formula is C11H13NO3S.